The molecular weight excluding hydrogens is 1180 g/mol. The summed E-state index contributed by atoms with van der Waals surface area (Å²) in [5, 5.41) is 35.3. The van der Waals surface area contributed by atoms with E-state index >= 15 is 19.2 Å². The molecule has 0 bridgehead atoms. The maximum atomic E-state index is 15.4. The summed E-state index contributed by atoms with van der Waals surface area (Å²) in [6.45, 7) is 27.3. The van der Waals surface area contributed by atoms with E-state index in [1.165, 1.54) is 82.8 Å². The number of likely N-dealkylation sites (N-methyl/N-ethyl adjacent to an activating group) is 7. The molecule has 6 N–H and O–H groups in total. The zero-order valence-electron chi connectivity index (χ0n) is 59.5. The average Bonchev–Trinajstić information content (AvgIpc) is 0.889. The molecule has 13 atom stereocenters. The summed E-state index contributed by atoms with van der Waals surface area (Å²) in [5.41, 5.74) is 0.578. The van der Waals surface area contributed by atoms with Gasteiger partial charge in [0.15, 0.2) is 0 Å². The van der Waals surface area contributed by atoms with Crippen molar-refractivity contribution in [3.63, 3.8) is 0 Å². The summed E-state index contributed by atoms with van der Waals surface area (Å²) < 4.78 is 0. The number of nitrogens with zero attached hydrogens (tertiary/aromatic N) is 7. The van der Waals surface area contributed by atoms with E-state index in [1.807, 2.05) is 55.4 Å². The maximum Gasteiger partial charge on any atom is 0.248 e. The van der Waals surface area contributed by atoms with E-state index in [9.17, 15) is 43.8 Å². The summed E-state index contributed by atoms with van der Waals surface area (Å²) >= 11 is 0. The van der Waals surface area contributed by atoms with Crippen molar-refractivity contribution in [2.75, 3.05) is 55.9 Å². The van der Waals surface area contributed by atoms with Crippen molar-refractivity contribution in [1.82, 2.24) is 55.6 Å². The molecule has 1 aromatic rings. The van der Waals surface area contributed by atoms with Gasteiger partial charge >= 0.3 is 0 Å². The maximum absolute atomic E-state index is 15.4. The third-order valence-corrected chi connectivity index (χ3v) is 17.3. The van der Waals surface area contributed by atoms with Crippen LogP contribution in [0.4, 0.5) is 0 Å². The fourth-order valence-corrected chi connectivity index (χ4v) is 11.6. The second-order valence-corrected chi connectivity index (χ2v) is 27.9. The topological polar surface area (TPSA) is 299 Å². The first-order valence-electron chi connectivity index (χ1n) is 32.7. The molecule has 2 rings (SSSR count). The van der Waals surface area contributed by atoms with E-state index in [2.05, 4.69) is 21.3 Å². The Balaban J connectivity index is 3.10. The molecule has 1 fully saturated rings. The Morgan fingerprint density at radius 1 is 0.457 bits per heavy atom. The van der Waals surface area contributed by atoms with Gasteiger partial charge < -0.3 is 65.8 Å². The molecule has 0 aromatic heterocycles. The number of amides is 11. The van der Waals surface area contributed by atoms with Gasteiger partial charge in [-0.3, -0.25) is 52.7 Å². The second kappa shape index (κ2) is 37.1. The van der Waals surface area contributed by atoms with Crippen molar-refractivity contribution < 1.29 is 63.0 Å². The summed E-state index contributed by atoms with van der Waals surface area (Å²) in [5.74, 6) is -10.8. The SMILES string of the molecule is C/C=C/C[C@@H](C)[C@@H](O)[C@H]1C(=O)N[C@@H](C(O)Cc2ccccc2)C(=O)N(C)CC(=O)N(C)[C@@H](CC(C)C)C(=O)N[C@@H](C(C)C)C(=O)N(C)[C@@H](CC(C)C)C(=O)N[C@@H](C)C(=O)N[C@@H](C)C(=O)N(C)[C@@H](CC(C)C)C(=O)N(C)[C@@H](CC(C)C)C(=O)N(C)[C@@H](C(C)C)C(=O)N1C. The highest BCUT2D eigenvalue weighted by Gasteiger charge is 2.46. The fraction of sp³-hybridized carbons (Fsp3) is 0.721. The van der Waals surface area contributed by atoms with Crippen molar-refractivity contribution >= 4 is 65.0 Å². The fourth-order valence-electron chi connectivity index (χ4n) is 11.6. The highest BCUT2D eigenvalue weighted by atomic mass is 16.3. The van der Waals surface area contributed by atoms with Crippen molar-refractivity contribution in [2.24, 2.45) is 41.4 Å². The predicted molar refractivity (Wildman–Crippen MR) is 354 cm³/mol. The van der Waals surface area contributed by atoms with Crippen LogP contribution in [0.1, 0.15) is 148 Å². The van der Waals surface area contributed by atoms with Gasteiger partial charge in [-0.25, -0.2) is 0 Å². The van der Waals surface area contributed by atoms with Crippen LogP contribution in [0.3, 0.4) is 0 Å². The van der Waals surface area contributed by atoms with Gasteiger partial charge in [-0.15, -0.1) is 0 Å². The predicted octanol–water partition coefficient (Wildman–Crippen LogP) is 3.46. The molecule has 0 spiro atoms. The van der Waals surface area contributed by atoms with E-state index in [-0.39, 0.29) is 62.2 Å². The molecule has 1 aliphatic heterocycles. The van der Waals surface area contributed by atoms with Gasteiger partial charge in [0.25, 0.3) is 0 Å². The Morgan fingerprint density at radius 2 is 0.880 bits per heavy atom. The van der Waals surface area contributed by atoms with Gasteiger partial charge in [0.05, 0.1) is 18.8 Å². The monoisotopic (exact) mass is 1290 g/mol. The van der Waals surface area contributed by atoms with Gasteiger partial charge in [-0.1, -0.05) is 132 Å². The number of allylic oxidation sites excluding steroid dienone is 2. The van der Waals surface area contributed by atoms with Crippen LogP contribution >= 0.6 is 0 Å². The van der Waals surface area contributed by atoms with Crippen LogP contribution in [0.5, 0.6) is 0 Å². The molecule has 11 amide bonds. The largest absolute Gasteiger partial charge is 0.390 e. The number of carbonyl (C=O) groups is 11. The number of hydrogen-bond donors (Lipinski definition) is 6. The minimum atomic E-state index is -1.81. The Bertz CT molecular complexity index is 2690. The molecule has 24 heteroatoms. The van der Waals surface area contributed by atoms with Gasteiger partial charge in [-0.2, -0.15) is 0 Å². The van der Waals surface area contributed by atoms with Crippen molar-refractivity contribution in [3.05, 3.63) is 48.0 Å². The highest BCUT2D eigenvalue weighted by Crippen LogP contribution is 2.26. The van der Waals surface area contributed by atoms with E-state index in [1.54, 1.807) is 84.0 Å². The second-order valence-electron chi connectivity index (χ2n) is 27.9. The normalized spacial score (nSPS) is 26.1. The molecular formula is C68H115N11O13. The van der Waals surface area contributed by atoms with E-state index in [0.29, 0.717) is 5.56 Å². The number of carbonyl (C=O) groups excluding carboxylic acids is 11. The lowest BCUT2D eigenvalue weighted by Crippen LogP contribution is -2.64. The molecule has 1 saturated heterocycles. The Labute approximate surface area is 548 Å². The molecule has 0 saturated carbocycles. The summed E-state index contributed by atoms with van der Waals surface area (Å²) in [6.07, 6.45) is 0.796. The van der Waals surface area contributed by atoms with Crippen molar-refractivity contribution in [3.8, 4) is 0 Å². The molecule has 520 valence electrons. The molecule has 0 radical (unpaired) electrons. The van der Waals surface area contributed by atoms with Gasteiger partial charge in [0.2, 0.25) is 65.0 Å². The van der Waals surface area contributed by atoms with Crippen molar-refractivity contribution in [2.45, 2.75) is 222 Å². The van der Waals surface area contributed by atoms with Crippen LogP contribution in [0.2, 0.25) is 0 Å². The lowest BCUT2D eigenvalue weighted by atomic mass is 9.91. The standard InChI is InChI=1S/C68H115N11O13/c1-24-25-29-44(14)58(82)57-62(86)72-55(52(80)36-47-30-27-26-28-31-47)66(90)73(17)37-53(81)74(18)48(32-38(2)3)61(85)71-54(42(10)11)67(91)75(19)49(33-39(4)5)60(84)69-45(15)59(83)70-46(16)63(87)76(20)50(34-40(6)7)64(88)77(21)51(35-41(8)9)65(89)78(22)56(43(12)13)68(92)79(57)23/h24-28,30-31,38-46,48-52,54-58,80,82H,29,32-37H2,1-23H3,(H,69,84)(H,70,83)(H,71,85)(H,72,86)/b25-24+/t44-,45+,46+,48+,49+,50+,51+,52?,54+,55+,56+,57+,58-/m1/s1. The van der Waals surface area contributed by atoms with Crippen LogP contribution < -0.4 is 21.3 Å². The number of aliphatic hydroxyl groups is 2. The first-order valence-corrected chi connectivity index (χ1v) is 32.7. The first-order chi connectivity index (χ1) is 42.6. The smallest absolute Gasteiger partial charge is 0.248 e. The molecule has 1 unspecified atom stereocenters. The van der Waals surface area contributed by atoms with Crippen LogP contribution in [-0.2, 0) is 59.2 Å². The van der Waals surface area contributed by atoms with Crippen LogP contribution in [0.15, 0.2) is 42.5 Å². The third-order valence-electron chi connectivity index (χ3n) is 17.3. The molecule has 1 heterocycles. The lowest BCUT2D eigenvalue weighted by molar-refractivity contribution is -0.157. The van der Waals surface area contributed by atoms with E-state index in [0.717, 1.165) is 14.7 Å². The number of rotatable bonds is 17. The Hall–Kier alpha value is -6.95. The average molecular weight is 1290 g/mol. The van der Waals surface area contributed by atoms with Gasteiger partial charge in [-0.05, 0) is 99.9 Å². The third kappa shape index (κ3) is 22.7. The first kappa shape index (κ1) is 81.1. The van der Waals surface area contributed by atoms with E-state index < -0.39 is 162 Å². The van der Waals surface area contributed by atoms with Gasteiger partial charge in [0.1, 0.15) is 60.4 Å². The number of nitrogens with one attached hydrogen (secondary N) is 4. The Kier molecular flexibility index (Phi) is 32.7. The summed E-state index contributed by atoms with van der Waals surface area (Å²) in [4.78, 5) is 171. The molecule has 24 nitrogen and oxygen atoms in total. The zero-order chi connectivity index (χ0) is 70.7. The van der Waals surface area contributed by atoms with Crippen LogP contribution in [-0.4, -0.2) is 238 Å². The highest BCUT2D eigenvalue weighted by molar-refractivity contribution is 5.99. The lowest BCUT2D eigenvalue weighted by Gasteiger charge is -2.41. The molecule has 1 aliphatic rings. The molecule has 0 aliphatic carbocycles. The Morgan fingerprint density at radius 3 is 1.36 bits per heavy atom. The quantitative estimate of drug-likeness (QED) is 0.122. The van der Waals surface area contributed by atoms with Crippen LogP contribution in [0.25, 0.3) is 0 Å². The van der Waals surface area contributed by atoms with Crippen LogP contribution in [0, 0.1) is 41.4 Å². The van der Waals surface area contributed by atoms with Crippen molar-refractivity contribution in [1.29, 1.82) is 0 Å². The molecule has 1 aromatic carbocycles. The zero-order valence-corrected chi connectivity index (χ0v) is 59.5. The number of hydrogen-bond acceptors (Lipinski definition) is 13. The number of benzene rings is 1. The minimum Gasteiger partial charge on any atom is -0.390 e. The van der Waals surface area contributed by atoms with Gasteiger partial charge in [0, 0.05) is 55.8 Å². The summed E-state index contributed by atoms with van der Waals surface area (Å²) in [6, 6.07) is -4.74. The summed E-state index contributed by atoms with van der Waals surface area (Å²) in [7, 11) is 9.68. The molecule has 92 heavy (non-hydrogen) atoms. The van der Waals surface area contributed by atoms with E-state index in [4.69, 9.17) is 0 Å². The minimum absolute atomic E-state index is 0.101. The number of aliphatic hydroxyl groups excluding tert-OH is 2.